The van der Waals surface area contributed by atoms with Crippen LogP contribution >= 0.6 is 11.8 Å². The third-order valence-corrected chi connectivity index (χ3v) is 4.58. The molecule has 0 spiro atoms. The van der Waals surface area contributed by atoms with Crippen molar-refractivity contribution in [2.75, 3.05) is 37.9 Å². The largest absolute Gasteiger partial charge is 0.478 e. The van der Waals surface area contributed by atoms with Crippen molar-refractivity contribution in [3.05, 3.63) is 23.8 Å². The molecule has 1 aromatic rings. The van der Waals surface area contributed by atoms with Crippen molar-refractivity contribution >= 4 is 23.4 Å². The fourth-order valence-electron chi connectivity index (χ4n) is 2.39. The van der Waals surface area contributed by atoms with Crippen LogP contribution in [0.15, 0.2) is 23.1 Å². The highest BCUT2D eigenvalue weighted by molar-refractivity contribution is 7.99. The molecule has 21 heavy (non-hydrogen) atoms. The fraction of sp³-hybridized carbons (Fsp3) is 0.533. The van der Waals surface area contributed by atoms with E-state index in [1.165, 1.54) is 11.8 Å². The van der Waals surface area contributed by atoms with Crippen molar-refractivity contribution in [1.82, 2.24) is 0 Å². The van der Waals surface area contributed by atoms with Gasteiger partial charge in [-0.15, -0.1) is 11.8 Å². The molecule has 1 heterocycles. The molecule has 1 fully saturated rings. The van der Waals surface area contributed by atoms with Gasteiger partial charge in [0, 0.05) is 37.3 Å². The van der Waals surface area contributed by atoms with Gasteiger partial charge < -0.3 is 19.9 Å². The molecular formula is C15H21NO4S. The Kier molecular flexibility index (Phi) is 5.50. The molecule has 6 heteroatoms. The SMILES string of the molecule is CCSc1cccc(NCC2(OC)CCOC2)c1C(=O)O. The Morgan fingerprint density at radius 3 is 2.95 bits per heavy atom. The van der Waals surface area contributed by atoms with E-state index < -0.39 is 5.97 Å². The zero-order chi connectivity index (χ0) is 15.3. The summed E-state index contributed by atoms with van der Waals surface area (Å²) in [6.07, 6.45) is 0.808. The minimum absolute atomic E-state index is 0.328. The van der Waals surface area contributed by atoms with E-state index >= 15 is 0 Å². The quantitative estimate of drug-likeness (QED) is 0.755. The molecule has 0 aliphatic carbocycles. The maximum Gasteiger partial charge on any atom is 0.338 e. The van der Waals surface area contributed by atoms with Crippen LogP contribution in [-0.2, 0) is 9.47 Å². The Labute approximate surface area is 129 Å². The number of hydrogen-bond donors (Lipinski definition) is 2. The van der Waals surface area contributed by atoms with Crippen LogP contribution in [0.25, 0.3) is 0 Å². The number of hydrogen-bond acceptors (Lipinski definition) is 5. The second-order valence-corrected chi connectivity index (χ2v) is 6.27. The number of carbonyl (C=O) groups is 1. The van der Waals surface area contributed by atoms with Crippen LogP contribution in [0.5, 0.6) is 0 Å². The number of carboxylic acid groups (broad SMARTS) is 1. The van der Waals surface area contributed by atoms with Gasteiger partial charge in [0.05, 0.1) is 12.2 Å². The van der Waals surface area contributed by atoms with Crippen LogP contribution in [0.1, 0.15) is 23.7 Å². The number of ether oxygens (including phenoxy) is 2. The predicted octanol–water partition coefficient (Wildman–Crippen LogP) is 2.71. The second-order valence-electron chi connectivity index (χ2n) is 4.96. The van der Waals surface area contributed by atoms with Crippen molar-refractivity contribution in [3.8, 4) is 0 Å². The Morgan fingerprint density at radius 1 is 1.57 bits per heavy atom. The van der Waals surface area contributed by atoms with Crippen LogP contribution in [0.3, 0.4) is 0 Å². The summed E-state index contributed by atoms with van der Waals surface area (Å²) >= 11 is 1.53. The first kappa shape index (κ1) is 16.1. The lowest BCUT2D eigenvalue weighted by Gasteiger charge is -2.27. The number of thioether (sulfide) groups is 1. The third-order valence-electron chi connectivity index (χ3n) is 3.64. The van der Waals surface area contributed by atoms with Crippen molar-refractivity contribution in [1.29, 1.82) is 0 Å². The predicted molar refractivity (Wildman–Crippen MR) is 83.5 cm³/mol. The molecule has 1 saturated heterocycles. The lowest BCUT2D eigenvalue weighted by Crippen LogP contribution is -2.39. The van der Waals surface area contributed by atoms with E-state index in [4.69, 9.17) is 9.47 Å². The van der Waals surface area contributed by atoms with Gasteiger partial charge in [-0.05, 0) is 17.9 Å². The molecule has 0 radical (unpaired) electrons. The molecule has 2 rings (SSSR count). The monoisotopic (exact) mass is 311 g/mol. The van der Waals surface area contributed by atoms with Crippen molar-refractivity contribution in [2.24, 2.45) is 0 Å². The summed E-state index contributed by atoms with van der Waals surface area (Å²) in [4.78, 5) is 12.3. The molecule has 0 aromatic heterocycles. The molecule has 0 amide bonds. The zero-order valence-electron chi connectivity index (χ0n) is 12.3. The van der Waals surface area contributed by atoms with Gasteiger partial charge in [0.1, 0.15) is 5.60 Å². The number of nitrogens with one attached hydrogen (secondary N) is 1. The minimum Gasteiger partial charge on any atom is -0.478 e. The van der Waals surface area contributed by atoms with Gasteiger partial charge in [-0.1, -0.05) is 13.0 Å². The van der Waals surface area contributed by atoms with Gasteiger partial charge in [-0.3, -0.25) is 0 Å². The molecule has 1 aromatic carbocycles. The van der Waals surface area contributed by atoms with E-state index in [-0.39, 0.29) is 5.60 Å². The second kappa shape index (κ2) is 7.15. The Bertz CT molecular complexity index is 500. The summed E-state index contributed by atoms with van der Waals surface area (Å²) in [6, 6.07) is 5.51. The normalized spacial score (nSPS) is 21.4. The summed E-state index contributed by atoms with van der Waals surface area (Å²) < 4.78 is 11.0. The summed E-state index contributed by atoms with van der Waals surface area (Å²) in [7, 11) is 1.66. The first-order valence-electron chi connectivity index (χ1n) is 6.98. The van der Waals surface area contributed by atoms with E-state index in [9.17, 15) is 9.90 Å². The van der Waals surface area contributed by atoms with Crippen LogP contribution in [0.4, 0.5) is 5.69 Å². The van der Waals surface area contributed by atoms with Crippen molar-refractivity contribution in [2.45, 2.75) is 23.8 Å². The van der Waals surface area contributed by atoms with Crippen LogP contribution in [0, 0.1) is 0 Å². The minimum atomic E-state index is -0.914. The van der Waals surface area contributed by atoms with Gasteiger partial charge in [-0.25, -0.2) is 4.79 Å². The molecule has 1 unspecified atom stereocenters. The fourth-order valence-corrected chi connectivity index (χ4v) is 3.22. The summed E-state index contributed by atoms with van der Waals surface area (Å²) in [5.74, 6) is -0.0808. The van der Waals surface area contributed by atoms with Gasteiger partial charge in [-0.2, -0.15) is 0 Å². The molecule has 0 bridgehead atoms. The maximum absolute atomic E-state index is 11.6. The number of benzene rings is 1. The van der Waals surface area contributed by atoms with Gasteiger partial charge in [0.15, 0.2) is 0 Å². The van der Waals surface area contributed by atoms with Gasteiger partial charge in [0.25, 0.3) is 0 Å². The van der Waals surface area contributed by atoms with E-state index in [1.54, 1.807) is 13.2 Å². The van der Waals surface area contributed by atoms with Gasteiger partial charge >= 0.3 is 5.97 Å². The van der Waals surface area contributed by atoms with E-state index in [0.29, 0.717) is 31.0 Å². The summed E-state index contributed by atoms with van der Waals surface area (Å²) in [6.45, 7) is 3.74. The lowest BCUT2D eigenvalue weighted by molar-refractivity contribution is -0.00622. The topological polar surface area (TPSA) is 67.8 Å². The highest BCUT2D eigenvalue weighted by atomic mass is 32.2. The maximum atomic E-state index is 11.6. The molecule has 0 saturated carbocycles. The smallest absolute Gasteiger partial charge is 0.338 e. The molecule has 1 atom stereocenters. The zero-order valence-corrected chi connectivity index (χ0v) is 13.2. The van der Waals surface area contributed by atoms with Crippen molar-refractivity contribution in [3.63, 3.8) is 0 Å². The number of methoxy groups -OCH3 is 1. The number of anilines is 1. The lowest BCUT2D eigenvalue weighted by atomic mass is 10.0. The van der Waals surface area contributed by atoms with Crippen LogP contribution in [0.2, 0.25) is 0 Å². The van der Waals surface area contributed by atoms with Crippen LogP contribution in [-0.4, -0.2) is 49.3 Å². The first-order valence-corrected chi connectivity index (χ1v) is 7.96. The molecule has 116 valence electrons. The molecular weight excluding hydrogens is 290 g/mol. The van der Waals surface area contributed by atoms with Gasteiger partial charge in [0.2, 0.25) is 0 Å². The highest BCUT2D eigenvalue weighted by Crippen LogP contribution is 2.30. The summed E-state index contributed by atoms with van der Waals surface area (Å²) in [5, 5.41) is 12.7. The average molecular weight is 311 g/mol. The Balaban J connectivity index is 2.19. The van der Waals surface area contributed by atoms with Crippen LogP contribution < -0.4 is 5.32 Å². The third kappa shape index (κ3) is 3.70. The molecule has 2 N–H and O–H groups in total. The van der Waals surface area contributed by atoms with E-state index in [0.717, 1.165) is 17.1 Å². The number of aromatic carboxylic acids is 1. The van der Waals surface area contributed by atoms with E-state index in [1.807, 2.05) is 19.1 Å². The first-order chi connectivity index (χ1) is 10.1. The number of rotatable bonds is 7. The number of carboxylic acids is 1. The summed E-state index contributed by atoms with van der Waals surface area (Å²) in [5.41, 5.74) is 0.586. The highest BCUT2D eigenvalue weighted by Gasteiger charge is 2.35. The Hall–Kier alpha value is -1.24. The van der Waals surface area contributed by atoms with E-state index in [2.05, 4.69) is 5.32 Å². The average Bonchev–Trinajstić information content (AvgIpc) is 2.95. The Morgan fingerprint density at radius 2 is 2.38 bits per heavy atom. The molecule has 1 aliphatic rings. The standard InChI is InChI=1S/C15H21NO4S/c1-3-21-12-6-4-5-11(13(12)14(17)18)16-9-15(19-2)7-8-20-10-15/h4-6,16H,3,7-10H2,1-2H3,(H,17,18). The van der Waals surface area contributed by atoms with Crippen molar-refractivity contribution < 1.29 is 19.4 Å². The molecule has 1 aliphatic heterocycles. The molecule has 5 nitrogen and oxygen atoms in total.